The van der Waals surface area contributed by atoms with Crippen molar-refractivity contribution in [2.24, 2.45) is 0 Å². The highest BCUT2D eigenvalue weighted by Gasteiger charge is 2.01. The van der Waals surface area contributed by atoms with Gasteiger partial charge in [-0.2, -0.15) is 0 Å². The number of carbonyl (C=O) groups excluding carboxylic acids is 1. The highest BCUT2D eigenvalue weighted by atomic mass is 79.9. The molecule has 2 nitrogen and oxygen atoms in total. The predicted molar refractivity (Wildman–Crippen MR) is 74.0 cm³/mol. The molecule has 0 spiro atoms. The number of fused-ring (bicyclic) bond motifs is 1. The number of hydrogen-bond donors (Lipinski definition) is 1. The maximum Gasteiger partial charge on any atom is 0.216 e. The SMILES string of the molecule is CC(=O)NCCc1cccc2ccc(Br)cc12. The van der Waals surface area contributed by atoms with Crippen LogP contribution >= 0.6 is 15.9 Å². The van der Waals surface area contributed by atoms with Crippen LogP contribution in [0.3, 0.4) is 0 Å². The fourth-order valence-corrected chi connectivity index (χ4v) is 2.26. The molecule has 2 aromatic rings. The molecule has 17 heavy (non-hydrogen) atoms. The quantitative estimate of drug-likeness (QED) is 0.924. The molecule has 3 heteroatoms. The van der Waals surface area contributed by atoms with Gasteiger partial charge in [-0.05, 0) is 34.9 Å². The molecule has 0 heterocycles. The van der Waals surface area contributed by atoms with Gasteiger partial charge in [0, 0.05) is 17.9 Å². The summed E-state index contributed by atoms with van der Waals surface area (Å²) in [7, 11) is 0. The Morgan fingerprint density at radius 2 is 2.12 bits per heavy atom. The van der Waals surface area contributed by atoms with Crippen molar-refractivity contribution in [3.05, 3.63) is 46.4 Å². The number of rotatable bonds is 3. The second-order valence-corrected chi connectivity index (χ2v) is 4.93. The van der Waals surface area contributed by atoms with Crippen LogP contribution in [0.1, 0.15) is 12.5 Å². The summed E-state index contributed by atoms with van der Waals surface area (Å²) in [5.74, 6) is 0.0198. The number of benzene rings is 2. The molecule has 0 radical (unpaired) electrons. The normalized spacial score (nSPS) is 10.5. The lowest BCUT2D eigenvalue weighted by atomic mass is 10.0. The topological polar surface area (TPSA) is 29.1 Å². The van der Waals surface area contributed by atoms with E-state index in [1.54, 1.807) is 6.92 Å². The van der Waals surface area contributed by atoms with E-state index in [2.05, 4.69) is 51.6 Å². The van der Waals surface area contributed by atoms with Gasteiger partial charge in [0.15, 0.2) is 0 Å². The molecule has 0 atom stereocenters. The van der Waals surface area contributed by atoms with E-state index in [0.29, 0.717) is 6.54 Å². The van der Waals surface area contributed by atoms with Crippen molar-refractivity contribution in [3.8, 4) is 0 Å². The van der Waals surface area contributed by atoms with Crippen molar-refractivity contribution in [1.29, 1.82) is 0 Å². The second-order valence-electron chi connectivity index (χ2n) is 4.02. The smallest absolute Gasteiger partial charge is 0.216 e. The number of carbonyl (C=O) groups is 1. The lowest BCUT2D eigenvalue weighted by molar-refractivity contribution is -0.118. The first-order chi connectivity index (χ1) is 8.16. The zero-order chi connectivity index (χ0) is 12.3. The van der Waals surface area contributed by atoms with E-state index in [1.165, 1.54) is 16.3 Å². The molecule has 0 aliphatic heterocycles. The van der Waals surface area contributed by atoms with E-state index in [4.69, 9.17) is 0 Å². The van der Waals surface area contributed by atoms with Gasteiger partial charge < -0.3 is 5.32 Å². The minimum Gasteiger partial charge on any atom is -0.356 e. The summed E-state index contributed by atoms with van der Waals surface area (Å²) < 4.78 is 1.08. The lowest BCUT2D eigenvalue weighted by Gasteiger charge is -2.07. The van der Waals surface area contributed by atoms with E-state index in [-0.39, 0.29) is 5.91 Å². The first-order valence-electron chi connectivity index (χ1n) is 5.58. The summed E-state index contributed by atoms with van der Waals surface area (Å²) in [5, 5.41) is 5.30. The zero-order valence-electron chi connectivity index (χ0n) is 9.66. The number of hydrogen-bond acceptors (Lipinski definition) is 1. The predicted octanol–water partition coefficient (Wildman–Crippen LogP) is 3.28. The van der Waals surface area contributed by atoms with Crippen LogP contribution < -0.4 is 5.32 Å². The maximum atomic E-state index is 10.8. The van der Waals surface area contributed by atoms with Crippen LogP contribution in [-0.2, 0) is 11.2 Å². The molecule has 0 aliphatic carbocycles. The summed E-state index contributed by atoms with van der Waals surface area (Å²) in [6, 6.07) is 12.5. The lowest BCUT2D eigenvalue weighted by Crippen LogP contribution is -2.22. The van der Waals surface area contributed by atoms with Crippen molar-refractivity contribution < 1.29 is 4.79 Å². The summed E-state index contributed by atoms with van der Waals surface area (Å²) in [6.45, 7) is 2.22. The molecule has 0 bridgehead atoms. The molecule has 2 rings (SSSR count). The summed E-state index contributed by atoms with van der Waals surface area (Å²) in [5.41, 5.74) is 1.26. The van der Waals surface area contributed by atoms with Gasteiger partial charge in [-0.15, -0.1) is 0 Å². The zero-order valence-corrected chi connectivity index (χ0v) is 11.3. The van der Waals surface area contributed by atoms with Crippen molar-refractivity contribution in [1.82, 2.24) is 5.32 Å². The Morgan fingerprint density at radius 3 is 2.88 bits per heavy atom. The average Bonchev–Trinajstić information content (AvgIpc) is 2.29. The van der Waals surface area contributed by atoms with E-state index in [0.717, 1.165) is 10.9 Å². The largest absolute Gasteiger partial charge is 0.356 e. The Hall–Kier alpha value is -1.35. The van der Waals surface area contributed by atoms with Crippen LogP contribution in [-0.4, -0.2) is 12.5 Å². The van der Waals surface area contributed by atoms with Crippen LogP contribution in [0.2, 0.25) is 0 Å². The molecule has 0 saturated carbocycles. The molecule has 2 aromatic carbocycles. The van der Waals surface area contributed by atoms with Gasteiger partial charge in [-0.25, -0.2) is 0 Å². The first-order valence-corrected chi connectivity index (χ1v) is 6.38. The van der Waals surface area contributed by atoms with Crippen molar-refractivity contribution in [2.45, 2.75) is 13.3 Å². The molecule has 0 aromatic heterocycles. The standard InChI is InChI=1S/C14H14BrNO/c1-10(17)16-8-7-12-4-2-3-11-5-6-13(15)9-14(11)12/h2-6,9H,7-8H2,1H3,(H,16,17). The fourth-order valence-electron chi connectivity index (χ4n) is 1.90. The van der Waals surface area contributed by atoms with Gasteiger partial charge >= 0.3 is 0 Å². The second kappa shape index (κ2) is 5.32. The highest BCUT2D eigenvalue weighted by Crippen LogP contribution is 2.23. The molecule has 0 aliphatic rings. The van der Waals surface area contributed by atoms with Gasteiger partial charge in [0.05, 0.1) is 0 Å². The van der Waals surface area contributed by atoms with E-state index < -0.39 is 0 Å². The Morgan fingerprint density at radius 1 is 1.29 bits per heavy atom. The molecule has 1 N–H and O–H groups in total. The van der Waals surface area contributed by atoms with Crippen LogP contribution in [0, 0.1) is 0 Å². The Labute approximate surface area is 109 Å². The van der Waals surface area contributed by atoms with Gasteiger partial charge in [-0.3, -0.25) is 4.79 Å². The van der Waals surface area contributed by atoms with Gasteiger partial charge in [0.25, 0.3) is 0 Å². The summed E-state index contributed by atoms with van der Waals surface area (Å²) >= 11 is 3.49. The molecule has 0 saturated heterocycles. The number of halogens is 1. The van der Waals surface area contributed by atoms with Crippen molar-refractivity contribution in [3.63, 3.8) is 0 Å². The Bertz CT molecular complexity index is 551. The van der Waals surface area contributed by atoms with Crippen molar-refractivity contribution >= 4 is 32.6 Å². The van der Waals surface area contributed by atoms with Crippen molar-refractivity contribution in [2.75, 3.05) is 6.54 Å². The third kappa shape index (κ3) is 3.07. The minimum atomic E-state index is 0.0198. The molecular weight excluding hydrogens is 278 g/mol. The van der Waals surface area contributed by atoms with Crippen LogP contribution in [0.4, 0.5) is 0 Å². The fraction of sp³-hybridized carbons (Fsp3) is 0.214. The molecule has 1 amide bonds. The summed E-state index contributed by atoms with van der Waals surface area (Å²) in [6.07, 6.45) is 0.855. The van der Waals surface area contributed by atoms with Crippen LogP contribution in [0.5, 0.6) is 0 Å². The summed E-state index contributed by atoms with van der Waals surface area (Å²) in [4.78, 5) is 10.8. The molecule has 88 valence electrons. The minimum absolute atomic E-state index is 0.0198. The average molecular weight is 292 g/mol. The number of amides is 1. The third-order valence-corrected chi connectivity index (χ3v) is 3.20. The molecule has 0 fully saturated rings. The van der Waals surface area contributed by atoms with Gasteiger partial charge in [0.1, 0.15) is 0 Å². The van der Waals surface area contributed by atoms with Crippen LogP contribution in [0.25, 0.3) is 10.8 Å². The van der Waals surface area contributed by atoms with E-state index in [9.17, 15) is 4.79 Å². The maximum absolute atomic E-state index is 10.8. The van der Waals surface area contributed by atoms with E-state index >= 15 is 0 Å². The molecular formula is C14H14BrNO. The van der Waals surface area contributed by atoms with Gasteiger partial charge in [0.2, 0.25) is 5.91 Å². The molecule has 0 unspecified atom stereocenters. The monoisotopic (exact) mass is 291 g/mol. The van der Waals surface area contributed by atoms with E-state index in [1.807, 2.05) is 6.07 Å². The number of nitrogens with one attached hydrogen (secondary N) is 1. The third-order valence-electron chi connectivity index (χ3n) is 2.70. The highest BCUT2D eigenvalue weighted by molar-refractivity contribution is 9.10. The first kappa shape index (κ1) is 12.1. The Kier molecular flexibility index (Phi) is 3.79. The van der Waals surface area contributed by atoms with Crippen LogP contribution in [0.15, 0.2) is 40.9 Å². The Balaban J connectivity index is 2.27. The van der Waals surface area contributed by atoms with Gasteiger partial charge in [-0.1, -0.05) is 40.2 Å².